The van der Waals surface area contributed by atoms with Gasteiger partial charge in [0.25, 0.3) is 0 Å². The van der Waals surface area contributed by atoms with Crippen LogP contribution in [0.4, 0.5) is 0 Å². The molecule has 2 nitrogen and oxygen atoms in total. The fourth-order valence-electron chi connectivity index (χ4n) is 2.03. The van der Waals surface area contributed by atoms with Crippen molar-refractivity contribution in [2.24, 2.45) is 0 Å². The Morgan fingerprint density at radius 3 is 2.39 bits per heavy atom. The van der Waals surface area contributed by atoms with E-state index in [9.17, 15) is 4.79 Å². The Hall–Kier alpha value is -1.12. The maximum Gasteiger partial charge on any atom is 0.185 e. The van der Waals surface area contributed by atoms with E-state index in [1.54, 1.807) is 0 Å². The number of hydrogen-bond acceptors (Lipinski definition) is 2. The largest absolute Gasteiger partial charge is 0.300 e. The summed E-state index contributed by atoms with van der Waals surface area (Å²) >= 11 is 0. The zero-order valence-electron chi connectivity index (χ0n) is 11.6. The highest BCUT2D eigenvalue weighted by molar-refractivity contribution is 6.05. The number of halogens is 1. The summed E-state index contributed by atoms with van der Waals surface area (Å²) in [6, 6.07) is 7.77. The van der Waals surface area contributed by atoms with Crippen LogP contribution in [0.5, 0.6) is 0 Å². The second-order valence-corrected chi connectivity index (χ2v) is 4.64. The molecule has 0 aliphatic rings. The Labute approximate surface area is 116 Å². The first-order chi connectivity index (χ1) is 7.97. The van der Waals surface area contributed by atoms with Gasteiger partial charge in [-0.25, -0.2) is 0 Å². The monoisotopic (exact) mass is 267 g/mol. The molecule has 0 N–H and O–H groups in total. The Balaban J connectivity index is 0.00000289. The van der Waals surface area contributed by atoms with Gasteiger partial charge in [-0.2, -0.15) is 0 Å². The fourth-order valence-corrected chi connectivity index (χ4v) is 2.03. The van der Waals surface area contributed by atoms with Gasteiger partial charge in [-0.15, -0.1) is 12.4 Å². The Morgan fingerprint density at radius 1 is 1.39 bits per heavy atom. The van der Waals surface area contributed by atoms with Crippen molar-refractivity contribution >= 4 is 18.2 Å². The standard InChI is InChI=1S/C15H21NO.ClH/c1-6-14(17)12-10-8-9-11-13(12)15(3,7-2)16(4)5;/h6,8-11H,1,7H2,2-5H3;1H. The molecule has 0 aromatic heterocycles. The van der Waals surface area contributed by atoms with E-state index in [0.717, 1.165) is 17.5 Å². The van der Waals surface area contributed by atoms with Gasteiger partial charge in [-0.1, -0.05) is 37.8 Å². The maximum absolute atomic E-state index is 11.9. The topological polar surface area (TPSA) is 20.3 Å². The molecule has 0 bridgehead atoms. The summed E-state index contributed by atoms with van der Waals surface area (Å²) in [5.41, 5.74) is 1.69. The van der Waals surface area contributed by atoms with E-state index in [0.29, 0.717) is 0 Å². The summed E-state index contributed by atoms with van der Waals surface area (Å²) in [6.45, 7) is 7.86. The van der Waals surface area contributed by atoms with Gasteiger partial charge in [0.05, 0.1) is 0 Å². The van der Waals surface area contributed by atoms with Crippen molar-refractivity contribution < 1.29 is 4.79 Å². The summed E-state index contributed by atoms with van der Waals surface area (Å²) in [6.07, 6.45) is 2.33. The molecule has 1 atom stereocenters. The number of carbonyl (C=O) groups is 1. The SMILES string of the molecule is C=CC(=O)c1ccccc1C(C)(CC)N(C)C.Cl. The molecule has 3 heteroatoms. The van der Waals surface area contributed by atoms with Crippen LogP contribution in [-0.4, -0.2) is 24.8 Å². The van der Waals surface area contributed by atoms with E-state index in [2.05, 4.69) is 25.3 Å². The number of benzene rings is 1. The van der Waals surface area contributed by atoms with Gasteiger partial charge in [-0.05, 0) is 39.1 Å². The van der Waals surface area contributed by atoms with Crippen molar-refractivity contribution in [3.63, 3.8) is 0 Å². The third-order valence-corrected chi connectivity index (χ3v) is 3.63. The zero-order valence-corrected chi connectivity index (χ0v) is 12.4. The predicted octanol–water partition coefficient (Wildman–Crippen LogP) is 3.66. The molecule has 1 aromatic carbocycles. The lowest BCUT2D eigenvalue weighted by atomic mass is 9.83. The quantitative estimate of drug-likeness (QED) is 0.599. The molecule has 100 valence electrons. The predicted molar refractivity (Wildman–Crippen MR) is 79.5 cm³/mol. The maximum atomic E-state index is 11.9. The molecule has 0 saturated carbocycles. The molecule has 18 heavy (non-hydrogen) atoms. The first-order valence-electron chi connectivity index (χ1n) is 5.91. The summed E-state index contributed by atoms with van der Waals surface area (Å²) < 4.78 is 0. The molecule has 0 saturated heterocycles. The van der Waals surface area contributed by atoms with Gasteiger partial charge in [0.15, 0.2) is 5.78 Å². The van der Waals surface area contributed by atoms with Crippen molar-refractivity contribution in [3.05, 3.63) is 48.0 Å². The first-order valence-corrected chi connectivity index (χ1v) is 5.91. The van der Waals surface area contributed by atoms with Gasteiger partial charge in [0, 0.05) is 11.1 Å². The summed E-state index contributed by atoms with van der Waals surface area (Å²) in [4.78, 5) is 14.0. The highest BCUT2D eigenvalue weighted by atomic mass is 35.5. The van der Waals surface area contributed by atoms with Crippen molar-refractivity contribution in [2.75, 3.05) is 14.1 Å². The number of ketones is 1. The third-order valence-electron chi connectivity index (χ3n) is 3.63. The van der Waals surface area contributed by atoms with E-state index in [1.165, 1.54) is 6.08 Å². The smallest absolute Gasteiger partial charge is 0.185 e. The van der Waals surface area contributed by atoms with E-state index in [1.807, 2.05) is 38.4 Å². The number of rotatable bonds is 5. The molecule has 0 radical (unpaired) electrons. The molecule has 0 aliphatic heterocycles. The van der Waals surface area contributed by atoms with Crippen LogP contribution < -0.4 is 0 Å². The van der Waals surface area contributed by atoms with Crippen LogP contribution in [0.3, 0.4) is 0 Å². The van der Waals surface area contributed by atoms with E-state index in [-0.39, 0.29) is 23.7 Å². The van der Waals surface area contributed by atoms with Crippen molar-refractivity contribution in [1.29, 1.82) is 0 Å². The third kappa shape index (κ3) is 3.01. The Bertz CT molecular complexity index is 428. The normalized spacial score (nSPS) is 13.6. The minimum atomic E-state index is -0.130. The van der Waals surface area contributed by atoms with Gasteiger partial charge >= 0.3 is 0 Å². The van der Waals surface area contributed by atoms with E-state index in [4.69, 9.17) is 0 Å². The molecule has 0 fully saturated rings. The van der Waals surface area contributed by atoms with Crippen LogP contribution in [0.1, 0.15) is 36.2 Å². The van der Waals surface area contributed by atoms with Crippen molar-refractivity contribution in [3.8, 4) is 0 Å². The van der Waals surface area contributed by atoms with Gasteiger partial charge < -0.3 is 0 Å². The molecule has 0 spiro atoms. The van der Waals surface area contributed by atoms with Crippen LogP contribution >= 0.6 is 12.4 Å². The molecule has 1 rings (SSSR count). The number of carbonyl (C=O) groups excluding carboxylic acids is 1. The lowest BCUT2D eigenvalue weighted by Gasteiger charge is -2.37. The summed E-state index contributed by atoms with van der Waals surface area (Å²) in [5, 5.41) is 0. The van der Waals surface area contributed by atoms with Crippen molar-refractivity contribution in [2.45, 2.75) is 25.8 Å². The average Bonchev–Trinajstić information content (AvgIpc) is 2.36. The van der Waals surface area contributed by atoms with Crippen LogP contribution in [-0.2, 0) is 5.54 Å². The van der Waals surface area contributed by atoms with Gasteiger partial charge in [-0.3, -0.25) is 9.69 Å². The van der Waals surface area contributed by atoms with Crippen LogP contribution in [0.15, 0.2) is 36.9 Å². The Morgan fingerprint density at radius 2 is 1.94 bits per heavy atom. The highest BCUT2D eigenvalue weighted by Crippen LogP contribution is 2.32. The highest BCUT2D eigenvalue weighted by Gasteiger charge is 2.30. The van der Waals surface area contributed by atoms with Crippen LogP contribution in [0.25, 0.3) is 0 Å². The molecular formula is C15H22ClNO. The molecule has 0 heterocycles. The second kappa shape index (κ2) is 6.72. The minimum absolute atomic E-state index is 0. The van der Waals surface area contributed by atoms with Crippen LogP contribution in [0.2, 0.25) is 0 Å². The van der Waals surface area contributed by atoms with E-state index < -0.39 is 0 Å². The fraction of sp³-hybridized carbons (Fsp3) is 0.400. The second-order valence-electron chi connectivity index (χ2n) is 4.64. The summed E-state index contributed by atoms with van der Waals surface area (Å²) in [7, 11) is 4.08. The number of nitrogens with zero attached hydrogens (tertiary/aromatic N) is 1. The molecule has 1 aromatic rings. The molecular weight excluding hydrogens is 246 g/mol. The van der Waals surface area contributed by atoms with Crippen molar-refractivity contribution in [1.82, 2.24) is 4.90 Å². The molecule has 0 amide bonds. The lowest BCUT2D eigenvalue weighted by molar-refractivity contribution is 0.103. The first kappa shape index (κ1) is 16.9. The minimum Gasteiger partial charge on any atom is -0.300 e. The van der Waals surface area contributed by atoms with Gasteiger partial charge in [0.2, 0.25) is 0 Å². The van der Waals surface area contributed by atoms with E-state index >= 15 is 0 Å². The Kier molecular flexibility index (Phi) is 6.30. The summed E-state index contributed by atoms with van der Waals surface area (Å²) in [5.74, 6) is -0.0119. The average molecular weight is 268 g/mol. The van der Waals surface area contributed by atoms with Crippen LogP contribution in [0, 0.1) is 0 Å². The number of allylic oxidation sites excluding steroid dienone is 1. The van der Waals surface area contributed by atoms with Gasteiger partial charge in [0.1, 0.15) is 0 Å². The zero-order chi connectivity index (χ0) is 13.1. The lowest BCUT2D eigenvalue weighted by Crippen LogP contribution is -2.39. The molecule has 1 unspecified atom stereocenters. The number of hydrogen-bond donors (Lipinski definition) is 0. The molecule has 0 aliphatic carbocycles.